The van der Waals surface area contributed by atoms with Gasteiger partial charge < -0.3 is 19.5 Å². The molecule has 1 saturated heterocycles. The number of hydrogen-bond acceptors (Lipinski definition) is 4. The Bertz CT molecular complexity index is 660. The Hall–Kier alpha value is -2.11. The molecule has 1 aliphatic rings. The molecular weight excluding hydrogens is 318 g/mol. The zero-order valence-corrected chi connectivity index (χ0v) is 14.3. The fraction of sp³-hybridized carbons (Fsp3) is 0.450. The predicted molar refractivity (Wildman–Crippen MR) is 94.1 cm³/mol. The smallest absolute Gasteiger partial charge is 0.223 e. The Morgan fingerprint density at radius 2 is 1.88 bits per heavy atom. The second-order valence-corrected chi connectivity index (χ2v) is 6.87. The first-order valence-electron chi connectivity index (χ1n) is 8.78. The molecular formula is C20H25NO4. The number of carbonyl (C=O) groups excluding carboxylic acids is 1. The van der Waals surface area contributed by atoms with Crippen molar-refractivity contribution in [3.05, 3.63) is 60.1 Å². The summed E-state index contributed by atoms with van der Waals surface area (Å²) in [6, 6.07) is 13.9. The van der Waals surface area contributed by atoms with Gasteiger partial charge in [-0.3, -0.25) is 4.79 Å². The summed E-state index contributed by atoms with van der Waals surface area (Å²) >= 11 is 0. The summed E-state index contributed by atoms with van der Waals surface area (Å²) in [6.45, 7) is 0.705. The number of amides is 1. The molecule has 1 fully saturated rings. The Labute approximate surface area is 147 Å². The normalized spacial score (nSPS) is 18.1. The van der Waals surface area contributed by atoms with Gasteiger partial charge in [-0.25, -0.2) is 0 Å². The van der Waals surface area contributed by atoms with E-state index in [4.69, 9.17) is 4.42 Å². The van der Waals surface area contributed by atoms with Crippen LogP contribution < -0.4 is 0 Å². The minimum absolute atomic E-state index is 0.0106. The van der Waals surface area contributed by atoms with E-state index in [0.717, 1.165) is 12.2 Å². The molecule has 3 rings (SSSR count). The van der Waals surface area contributed by atoms with Crippen LogP contribution in [-0.2, 0) is 11.2 Å². The lowest BCUT2D eigenvalue weighted by atomic mass is 9.90. The number of hydrogen-bond donors (Lipinski definition) is 2. The van der Waals surface area contributed by atoms with Crippen molar-refractivity contribution < 1.29 is 19.4 Å². The average Bonchev–Trinajstić information content (AvgIpc) is 3.17. The van der Waals surface area contributed by atoms with Crippen LogP contribution in [0.1, 0.15) is 36.5 Å². The van der Waals surface area contributed by atoms with Gasteiger partial charge in [-0.2, -0.15) is 0 Å². The second-order valence-electron chi connectivity index (χ2n) is 6.87. The number of benzene rings is 1. The maximum absolute atomic E-state index is 12.7. The van der Waals surface area contributed by atoms with Gasteiger partial charge in [0.15, 0.2) is 0 Å². The molecule has 1 amide bonds. The van der Waals surface area contributed by atoms with Crippen molar-refractivity contribution >= 4 is 5.91 Å². The summed E-state index contributed by atoms with van der Waals surface area (Å²) in [7, 11) is 0. The number of furan rings is 1. The van der Waals surface area contributed by atoms with Crippen molar-refractivity contribution in [3.63, 3.8) is 0 Å². The summed E-state index contributed by atoms with van der Waals surface area (Å²) in [5, 5.41) is 19.3. The highest BCUT2D eigenvalue weighted by Gasteiger charge is 2.34. The van der Waals surface area contributed by atoms with Gasteiger partial charge in [-0.15, -0.1) is 0 Å². The molecule has 1 unspecified atom stereocenters. The Balaban J connectivity index is 1.65. The van der Waals surface area contributed by atoms with E-state index in [2.05, 4.69) is 12.1 Å². The second kappa shape index (κ2) is 7.85. The summed E-state index contributed by atoms with van der Waals surface area (Å²) in [4.78, 5) is 14.5. The van der Waals surface area contributed by atoms with Gasteiger partial charge in [-0.05, 0) is 37.0 Å². The molecule has 2 heterocycles. The largest absolute Gasteiger partial charge is 0.469 e. The van der Waals surface area contributed by atoms with Gasteiger partial charge in [0.25, 0.3) is 0 Å². The van der Waals surface area contributed by atoms with Gasteiger partial charge in [-0.1, -0.05) is 30.3 Å². The zero-order chi connectivity index (χ0) is 17.7. The van der Waals surface area contributed by atoms with Gasteiger partial charge in [0.2, 0.25) is 5.91 Å². The van der Waals surface area contributed by atoms with Crippen LogP contribution in [0.4, 0.5) is 0 Å². The predicted octanol–water partition coefficient (Wildman–Crippen LogP) is 2.34. The highest BCUT2D eigenvalue weighted by molar-refractivity contribution is 5.77. The van der Waals surface area contributed by atoms with E-state index >= 15 is 0 Å². The minimum Gasteiger partial charge on any atom is -0.469 e. The number of carbonyl (C=O) groups is 1. The maximum Gasteiger partial charge on any atom is 0.223 e. The molecule has 5 nitrogen and oxygen atoms in total. The number of nitrogens with zero attached hydrogens (tertiary/aromatic N) is 1. The van der Waals surface area contributed by atoms with Crippen molar-refractivity contribution in [3.8, 4) is 0 Å². The number of aliphatic hydroxyl groups is 2. The van der Waals surface area contributed by atoms with Gasteiger partial charge in [0.05, 0.1) is 18.5 Å². The molecule has 0 saturated carbocycles. The van der Waals surface area contributed by atoms with Crippen LogP contribution in [0.25, 0.3) is 0 Å². The van der Waals surface area contributed by atoms with Crippen LogP contribution in [0, 0.1) is 0 Å². The number of aliphatic hydroxyl groups excluding tert-OH is 1. The van der Waals surface area contributed by atoms with E-state index in [-0.39, 0.29) is 18.4 Å². The van der Waals surface area contributed by atoms with Crippen LogP contribution in [0.3, 0.4) is 0 Å². The van der Waals surface area contributed by atoms with Gasteiger partial charge in [0.1, 0.15) is 5.76 Å². The van der Waals surface area contributed by atoms with E-state index in [9.17, 15) is 15.0 Å². The van der Waals surface area contributed by atoms with Gasteiger partial charge in [0, 0.05) is 25.4 Å². The monoisotopic (exact) mass is 343 g/mol. The fourth-order valence-electron chi connectivity index (χ4n) is 3.37. The van der Waals surface area contributed by atoms with E-state index in [1.165, 1.54) is 5.56 Å². The summed E-state index contributed by atoms with van der Waals surface area (Å²) in [5.41, 5.74) is 0.131. The first-order chi connectivity index (χ1) is 12.1. The molecule has 0 radical (unpaired) electrons. The SMILES string of the molecule is O=C(CC(Cc1ccccc1)c1ccco1)N1CCC(O)(CO)CC1. The van der Waals surface area contributed by atoms with E-state index in [1.807, 2.05) is 30.3 Å². The standard InChI is InChI=1S/C20H25NO4/c22-15-20(24)8-10-21(11-9-20)19(23)14-17(18-7-4-12-25-18)13-16-5-2-1-3-6-16/h1-7,12,17,22,24H,8-11,13-15H2. The minimum atomic E-state index is -1.04. The maximum atomic E-state index is 12.7. The molecule has 1 aromatic heterocycles. The molecule has 1 atom stereocenters. The summed E-state index contributed by atoms with van der Waals surface area (Å²) < 4.78 is 5.56. The molecule has 2 N–H and O–H groups in total. The zero-order valence-electron chi connectivity index (χ0n) is 14.3. The molecule has 5 heteroatoms. The fourth-order valence-corrected chi connectivity index (χ4v) is 3.37. The molecule has 1 aromatic carbocycles. The van der Waals surface area contributed by atoms with Crippen molar-refractivity contribution in [2.24, 2.45) is 0 Å². The molecule has 1 aliphatic heterocycles. The summed E-state index contributed by atoms with van der Waals surface area (Å²) in [6.07, 6.45) is 3.59. The molecule has 2 aromatic rings. The lowest BCUT2D eigenvalue weighted by molar-refractivity contribution is -0.137. The van der Waals surface area contributed by atoms with Crippen molar-refractivity contribution in [1.82, 2.24) is 4.90 Å². The number of piperidine rings is 1. The Morgan fingerprint density at radius 1 is 1.16 bits per heavy atom. The van der Waals surface area contributed by atoms with E-state index in [0.29, 0.717) is 32.4 Å². The summed E-state index contributed by atoms with van der Waals surface area (Å²) in [5.74, 6) is 0.877. The molecule has 0 spiro atoms. The first-order valence-corrected chi connectivity index (χ1v) is 8.78. The van der Waals surface area contributed by atoms with Crippen LogP contribution in [-0.4, -0.2) is 46.3 Å². The van der Waals surface area contributed by atoms with Crippen molar-refractivity contribution in [2.45, 2.75) is 37.2 Å². The van der Waals surface area contributed by atoms with Crippen LogP contribution in [0.2, 0.25) is 0 Å². The quantitative estimate of drug-likeness (QED) is 0.844. The third-order valence-corrected chi connectivity index (χ3v) is 5.03. The molecule has 25 heavy (non-hydrogen) atoms. The molecule has 0 aliphatic carbocycles. The van der Waals surface area contributed by atoms with Crippen LogP contribution in [0.5, 0.6) is 0 Å². The average molecular weight is 343 g/mol. The Morgan fingerprint density at radius 3 is 2.48 bits per heavy atom. The molecule has 134 valence electrons. The van der Waals surface area contributed by atoms with Crippen molar-refractivity contribution in [1.29, 1.82) is 0 Å². The van der Waals surface area contributed by atoms with Crippen LogP contribution >= 0.6 is 0 Å². The third-order valence-electron chi connectivity index (χ3n) is 5.03. The Kier molecular flexibility index (Phi) is 5.56. The lowest BCUT2D eigenvalue weighted by Gasteiger charge is -2.37. The number of rotatable bonds is 6. The van der Waals surface area contributed by atoms with Crippen molar-refractivity contribution in [2.75, 3.05) is 19.7 Å². The van der Waals surface area contributed by atoms with Gasteiger partial charge >= 0.3 is 0 Å². The van der Waals surface area contributed by atoms with Crippen LogP contribution in [0.15, 0.2) is 53.1 Å². The van der Waals surface area contributed by atoms with E-state index in [1.54, 1.807) is 11.2 Å². The molecule has 0 bridgehead atoms. The third kappa shape index (κ3) is 4.50. The highest BCUT2D eigenvalue weighted by Crippen LogP contribution is 2.28. The van der Waals surface area contributed by atoms with E-state index < -0.39 is 5.60 Å². The highest BCUT2D eigenvalue weighted by atomic mass is 16.3. The number of likely N-dealkylation sites (tertiary alicyclic amines) is 1. The topological polar surface area (TPSA) is 73.9 Å². The lowest BCUT2D eigenvalue weighted by Crippen LogP contribution is -2.48. The first kappa shape index (κ1) is 17.7.